The van der Waals surface area contributed by atoms with Crippen LogP contribution in [0.25, 0.3) is 28.0 Å². The first-order valence-corrected chi connectivity index (χ1v) is 15.7. The molecule has 0 atom stereocenters. The summed E-state index contributed by atoms with van der Waals surface area (Å²) < 4.78 is 13.8. The van der Waals surface area contributed by atoms with Gasteiger partial charge in [-0.25, -0.2) is 4.98 Å². The fourth-order valence-electron chi connectivity index (χ4n) is 5.92. The number of rotatable bonds is 7. The van der Waals surface area contributed by atoms with E-state index in [9.17, 15) is 4.79 Å². The molecule has 2 saturated heterocycles. The van der Waals surface area contributed by atoms with Crippen LogP contribution >= 0.6 is 23.2 Å². The smallest absolute Gasteiger partial charge is 0.223 e. The number of anilines is 2. The molecule has 0 saturated carbocycles. The van der Waals surface area contributed by atoms with E-state index in [4.69, 9.17) is 48.5 Å². The van der Waals surface area contributed by atoms with Gasteiger partial charge in [-0.2, -0.15) is 9.61 Å². The fraction of sp³-hybridized carbons (Fsp3) is 0.424. The molecule has 44 heavy (non-hydrogen) atoms. The molecule has 2 aromatic heterocycles. The minimum atomic E-state index is -0.576. The molecule has 1 amide bonds. The minimum absolute atomic E-state index is 0.181. The molecule has 232 valence electrons. The molecule has 0 bridgehead atoms. The van der Waals surface area contributed by atoms with E-state index in [0.717, 1.165) is 34.0 Å². The third-order valence-corrected chi connectivity index (χ3v) is 9.44. The van der Waals surface area contributed by atoms with Crippen molar-refractivity contribution in [3.8, 4) is 22.4 Å². The summed E-state index contributed by atoms with van der Waals surface area (Å²) in [5.74, 6) is 1.02. The Labute approximate surface area is 267 Å². The zero-order valence-corrected chi connectivity index (χ0v) is 27.0. The van der Waals surface area contributed by atoms with Crippen molar-refractivity contribution in [1.29, 1.82) is 0 Å². The summed E-state index contributed by atoms with van der Waals surface area (Å²) in [7, 11) is 2.04. The van der Waals surface area contributed by atoms with Gasteiger partial charge < -0.3 is 25.0 Å². The molecule has 9 nitrogen and oxygen atoms in total. The average Bonchev–Trinajstić information content (AvgIpc) is 3.38. The molecule has 0 unspecified atom stereocenters. The second-order valence-electron chi connectivity index (χ2n) is 12.6. The summed E-state index contributed by atoms with van der Waals surface area (Å²) in [4.78, 5) is 21.9. The van der Waals surface area contributed by atoms with Crippen molar-refractivity contribution in [3.63, 3.8) is 0 Å². The van der Waals surface area contributed by atoms with Crippen molar-refractivity contribution >= 4 is 46.4 Å². The van der Waals surface area contributed by atoms with Crippen LogP contribution in [0.5, 0.6) is 0 Å². The minimum Gasteiger partial charge on any atom is -0.369 e. The number of nitrogens with two attached hydrogens (primary N) is 1. The molecule has 0 aliphatic carbocycles. The molecule has 0 spiro atoms. The first kappa shape index (κ1) is 30.6. The van der Waals surface area contributed by atoms with Crippen molar-refractivity contribution in [2.75, 3.05) is 49.7 Å². The van der Waals surface area contributed by atoms with Gasteiger partial charge in [-0.1, -0.05) is 60.5 Å². The number of piperidine rings is 1. The highest BCUT2D eigenvalue weighted by Crippen LogP contribution is 2.41. The average molecular weight is 638 g/mol. The van der Waals surface area contributed by atoms with Crippen molar-refractivity contribution in [2.45, 2.75) is 39.4 Å². The predicted molar refractivity (Wildman–Crippen MR) is 175 cm³/mol. The van der Waals surface area contributed by atoms with E-state index in [0.29, 0.717) is 61.4 Å². The van der Waals surface area contributed by atoms with Gasteiger partial charge in [0.05, 0.1) is 23.8 Å². The third kappa shape index (κ3) is 5.98. The van der Waals surface area contributed by atoms with Gasteiger partial charge >= 0.3 is 0 Å². The Balaban J connectivity index is 1.50. The number of hydrogen-bond acceptors (Lipinski definition) is 7. The maximum absolute atomic E-state index is 12.2. The van der Waals surface area contributed by atoms with Gasteiger partial charge in [-0.05, 0) is 50.5 Å². The number of benzene rings is 2. The number of carbonyl (C=O) groups excluding carboxylic acids is 1. The van der Waals surface area contributed by atoms with E-state index in [2.05, 4.69) is 15.9 Å². The number of ether oxygens (including phenoxy) is 2. The Kier molecular flexibility index (Phi) is 8.26. The van der Waals surface area contributed by atoms with Crippen LogP contribution in [0.3, 0.4) is 0 Å². The summed E-state index contributed by atoms with van der Waals surface area (Å²) in [6, 6.07) is 17.5. The number of fused-ring (bicyclic) bond motifs is 1. The Morgan fingerprint density at radius 1 is 1.05 bits per heavy atom. The van der Waals surface area contributed by atoms with Crippen LogP contribution in [-0.4, -0.2) is 66.2 Å². The lowest BCUT2D eigenvalue weighted by Gasteiger charge is -2.39. The number of carbonyl (C=O) groups is 1. The summed E-state index contributed by atoms with van der Waals surface area (Å²) >= 11 is 13.1. The first-order valence-electron chi connectivity index (χ1n) is 14.9. The number of amides is 1. The number of primary amides is 1. The second-order valence-corrected chi connectivity index (χ2v) is 13.4. The number of aromatic nitrogens is 3. The molecule has 2 aromatic carbocycles. The van der Waals surface area contributed by atoms with Gasteiger partial charge in [0.2, 0.25) is 5.91 Å². The zero-order valence-electron chi connectivity index (χ0n) is 25.5. The molecule has 2 aliphatic heterocycles. The number of halogens is 2. The van der Waals surface area contributed by atoms with Gasteiger partial charge in [-0.3, -0.25) is 4.79 Å². The summed E-state index contributed by atoms with van der Waals surface area (Å²) in [6.07, 6.45) is 1.29. The molecule has 4 aromatic rings. The SMILES string of the molecule is CN(CC1COC(C)(C)OC1)c1cc(N2CCC(C)(C(N)=O)CC2)n2nc(-c3ccccc3Cl)c(-c3ccc(Cl)cc3)c2n1. The Bertz CT molecular complexity index is 1670. The highest BCUT2D eigenvalue weighted by atomic mass is 35.5. The third-order valence-electron chi connectivity index (χ3n) is 8.86. The van der Waals surface area contributed by atoms with Crippen molar-refractivity contribution < 1.29 is 14.3 Å². The van der Waals surface area contributed by atoms with E-state index in [-0.39, 0.29) is 11.8 Å². The standard InChI is InChI=1S/C33H38Cl2N6O3/c1-32(2)43-19-21(20-44-32)18-39(4)26-17-27(40-15-13-33(3,14-16-40)31(36)42)41-30(37-26)28(22-9-11-23(34)12-10-22)29(38-41)24-7-5-6-8-25(24)35/h5-12,17,21H,13-16,18-20H2,1-4H3,(H2,36,42). The monoisotopic (exact) mass is 636 g/mol. The van der Waals surface area contributed by atoms with Crippen LogP contribution in [0.15, 0.2) is 54.6 Å². The van der Waals surface area contributed by atoms with Crippen LogP contribution in [0, 0.1) is 11.3 Å². The summed E-state index contributed by atoms with van der Waals surface area (Å²) in [5.41, 5.74) is 9.26. The van der Waals surface area contributed by atoms with Crippen molar-refractivity contribution in [1.82, 2.24) is 14.6 Å². The highest BCUT2D eigenvalue weighted by molar-refractivity contribution is 6.33. The Hall–Kier alpha value is -3.37. The van der Waals surface area contributed by atoms with E-state index in [1.807, 2.05) is 80.9 Å². The van der Waals surface area contributed by atoms with Crippen LogP contribution in [0.2, 0.25) is 10.0 Å². The molecule has 2 N–H and O–H groups in total. The largest absolute Gasteiger partial charge is 0.369 e. The van der Waals surface area contributed by atoms with E-state index >= 15 is 0 Å². The van der Waals surface area contributed by atoms with Crippen molar-refractivity contribution in [3.05, 3.63) is 64.6 Å². The quantitative estimate of drug-likeness (QED) is 0.254. The Morgan fingerprint density at radius 3 is 2.34 bits per heavy atom. The molecule has 0 radical (unpaired) electrons. The Morgan fingerprint density at radius 2 is 1.70 bits per heavy atom. The molecule has 11 heteroatoms. The second kappa shape index (κ2) is 11.9. The summed E-state index contributed by atoms with van der Waals surface area (Å²) in [6.45, 7) is 9.02. The molecule has 2 aliphatic rings. The molecule has 6 rings (SSSR count). The predicted octanol–water partition coefficient (Wildman–Crippen LogP) is 6.30. The lowest BCUT2D eigenvalue weighted by atomic mass is 9.80. The van der Waals surface area contributed by atoms with Crippen molar-refractivity contribution in [2.24, 2.45) is 17.1 Å². The fourth-order valence-corrected chi connectivity index (χ4v) is 6.27. The molecular weight excluding hydrogens is 599 g/mol. The van der Waals surface area contributed by atoms with E-state index in [1.54, 1.807) is 0 Å². The maximum Gasteiger partial charge on any atom is 0.223 e. The lowest BCUT2D eigenvalue weighted by molar-refractivity contribution is -0.260. The van der Waals surface area contributed by atoms with Gasteiger partial charge in [-0.15, -0.1) is 0 Å². The normalized spacial score (nSPS) is 18.5. The molecule has 2 fully saturated rings. The van der Waals surface area contributed by atoms with Gasteiger partial charge in [0.15, 0.2) is 11.4 Å². The first-order chi connectivity index (χ1) is 20.9. The number of hydrogen-bond donors (Lipinski definition) is 1. The summed E-state index contributed by atoms with van der Waals surface area (Å²) in [5, 5.41) is 6.41. The zero-order chi connectivity index (χ0) is 31.2. The molecule has 4 heterocycles. The van der Waals surface area contributed by atoms with Gasteiger partial charge in [0.25, 0.3) is 0 Å². The lowest BCUT2D eigenvalue weighted by Crippen LogP contribution is -2.46. The van der Waals surface area contributed by atoms with E-state index < -0.39 is 11.2 Å². The maximum atomic E-state index is 12.2. The highest BCUT2D eigenvalue weighted by Gasteiger charge is 2.37. The van der Waals surface area contributed by atoms with Crippen LogP contribution < -0.4 is 15.5 Å². The van der Waals surface area contributed by atoms with Gasteiger partial charge in [0, 0.05) is 54.7 Å². The molecular formula is C33H38Cl2N6O3. The number of nitrogens with zero attached hydrogens (tertiary/aromatic N) is 5. The van der Waals surface area contributed by atoms with Gasteiger partial charge in [0.1, 0.15) is 17.3 Å². The van der Waals surface area contributed by atoms with Crippen LogP contribution in [-0.2, 0) is 14.3 Å². The topological polar surface area (TPSA) is 98.2 Å². The van der Waals surface area contributed by atoms with Crippen LogP contribution in [0.1, 0.15) is 33.6 Å². The van der Waals surface area contributed by atoms with Crippen LogP contribution in [0.4, 0.5) is 11.6 Å². The van der Waals surface area contributed by atoms with E-state index in [1.165, 1.54) is 0 Å².